The summed E-state index contributed by atoms with van der Waals surface area (Å²) in [6, 6.07) is 0. The molecule has 0 radical (unpaired) electrons. The Hall–Kier alpha value is -0.573. The lowest BCUT2D eigenvalue weighted by atomic mass is 9.68. The average Bonchev–Trinajstić information content (AvgIpc) is 2.35. The zero-order valence-corrected chi connectivity index (χ0v) is 13.8. The zero-order valence-electron chi connectivity index (χ0n) is 12.4. The van der Waals surface area contributed by atoms with E-state index in [4.69, 9.17) is 4.43 Å². The Morgan fingerprint density at radius 2 is 2.06 bits per heavy atom. The second-order valence-corrected chi connectivity index (χ2v) is 8.19. The quantitative estimate of drug-likeness (QED) is 0.564. The Morgan fingerprint density at radius 3 is 2.56 bits per heavy atom. The summed E-state index contributed by atoms with van der Waals surface area (Å²) < 4.78 is 5.56. The molecule has 0 amide bonds. The summed E-state index contributed by atoms with van der Waals surface area (Å²) in [6.45, 7) is 12.7. The van der Waals surface area contributed by atoms with Crippen LogP contribution in [0.25, 0.3) is 0 Å². The molecule has 0 aromatic heterocycles. The molecule has 1 fully saturated rings. The van der Waals surface area contributed by atoms with Gasteiger partial charge in [0, 0.05) is 6.08 Å². The summed E-state index contributed by atoms with van der Waals surface area (Å²) in [4.78, 5) is 11.4. The Labute approximate surface area is 114 Å². The van der Waals surface area contributed by atoms with Gasteiger partial charge in [-0.15, -0.1) is 0 Å². The number of carbonyl (C=O) groups excluding carboxylic acids is 1. The maximum Gasteiger partial charge on any atom is 0.316 e. The van der Waals surface area contributed by atoms with Crippen molar-refractivity contribution in [1.29, 1.82) is 0 Å². The van der Waals surface area contributed by atoms with Crippen LogP contribution in [0.15, 0.2) is 12.7 Å². The van der Waals surface area contributed by atoms with Gasteiger partial charge in [-0.2, -0.15) is 0 Å². The molecule has 1 rings (SSSR count). The Balaban J connectivity index is 2.88. The molecule has 0 aromatic carbocycles. The summed E-state index contributed by atoms with van der Waals surface area (Å²) in [5.74, 6) is 1.78. The predicted octanol–water partition coefficient (Wildman–Crippen LogP) is 3.46. The summed E-state index contributed by atoms with van der Waals surface area (Å²) in [6.07, 6.45) is 6.47. The van der Waals surface area contributed by atoms with Crippen LogP contribution in [0, 0.1) is 17.8 Å². The van der Waals surface area contributed by atoms with Crippen molar-refractivity contribution < 1.29 is 9.22 Å². The molecule has 1 aliphatic carbocycles. The smallest absolute Gasteiger partial charge is 0.316 e. The van der Waals surface area contributed by atoms with E-state index in [1.807, 2.05) is 0 Å². The lowest BCUT2D eigenvalue weighted by molar-refractivity contribution is -0.129. The molecule has 104 valence electrons. The zero-order chi connectivity index (χ0) is 13.8. The highest BCUT2D eigenvalue weighted by molar-refractivity contribution is 6.36. The van der Waals surface area contributed by atoms with Crippen LogP contribution in [0.3, 0.4) is 0 Å². The third-order valence-corrected chi connectivity index (χ3v) is 7.41. The Bertz CT molecular complexity index is 299. The van der Waals surface area contributed by atoms with Crippen LogP contribution >= 0.6 is 0 Å². The monoisotopic (exact) mass is 268 g/mol. The maximum atomic E-state index is 11.4. The molecule has 1 saturated carbocycles. The second-order valence-electron chi connectivity index (χ2n) is 6.30. The van der Waals surface area contributed by atoms with Crippen molar-refractivity contribution in [3.63, 3.8) is 0 Å². The summed E-state index contributed by atoms with van der Waals surface area (Å²) >= 11 is 0. The minimum absolute atomic E-state index is 0.227. The van der Waals surface area contributed by atoms with Crippen molar-refractivity contribution in [2.45, 2.75) is 58.4 Å². The molecule has 2 nitrogen and oxygen atoms in total. The van der Waals surface area contributed by atoms with Gasteiger partial charge in [-0.05, 0) is 35.6 Å². The molecule has 2 atom stereocenters. The van der Waals surface area contributed by atoms with Crippen LogP contribution < -0.4 is 0 Å². The van der Waals surface area contributed by atoms with E-state index in [1.165, 1.54) is 31.8 Å². The fourth-order valence-corrected chi connectivity index (χ4v) is 5.76. The van der Waals surface area contributed by atoms with Gasteiger partial charge in [0.2, 0.25) is 9.76 Å². The number of hydrogen-bond donors (Lipinski definition) is 0. The fraction of sp³-hybridized carbons (Fsp3) is 0.800. The predicted molar refractivity (Wildman–Crippen MR) is 79.2 cm³/mol. The van der Waals surface area contributed by atoms with Crippen LogP contribution in [-0.4, -0.2) is 15.7 Å². The van der Waals surface area contributed by atoms with Crippen molar-refractivity contribution in [3.05, 3.63) is 12.7 Å². The highest BCUT2D eigenvalue weighted by Crippen LogP contribution is 2.55. The van der Waals surface area contributed by atoms with Gasteiger partial charge in [0.1, 0.15) is 0 Å². The molecule has 0 aliphatic heterocycles. The van der Waals surface area contributed by atoms with Gasteiger partial charge in [-0.1, -0.05) is 47.1 Å². The van der Waals surface area contributed by atoms with Gasteiger partial charge < -0.3 is 4.43 Å². The molecule has 0 bridgehead atoms. The number of rotatable bonds is 5. The first-order chi connectivity index (χ1) is 8.44. The van der Waals surface area contributed by atoms with Crippen LogP contribution in [0.5, 0.6) is 0 Å². The number of carbonyl (C=O) groups is 1. The molecule has 0 N–H and O–H groups in total. The van der Waals surface area contributed by atoms with Crippen molar-refractivity contribution in [3.8, 4) is 0 Å². The van der Waals surface area contributed by atoms with E-state index < -0.39 is 9.76 Å². The molecule has 0 aromatic rings. The first-order valence-electron chi connectivity index (χ1n) is 7.23. The largest absolute Gasteiger partial charge is 0.521 e. The summed E-state index contributed by atoms with van der Waals surface area (Å²) in [7, 11) is -0.858. The van der Waals surface area contributed by atoms with E-state index in [1.54, 1.807) is 0 Å². The molecule has 0 saturated heterocycles. The molecular weight excluding hydrogens is 240 g/mol. The van der Waals surface area contributed by atoms with Gasteiger partial charge in [-0.25, -0.2) is 4.79 Å². The average molecular weight is 268 g/mol. The fourth-order valence-electron chi connectivity index (χ4n) is 3.62. The van der Waals surface area contributed by atoms with Gasteiger partial charge in [0.25, 0.3) is 0 Å². The topological polar surface area (TPSA) is 26.3 Å². The van der Waals surface area contributed by atoms with Gasteiger partial charge in [0.15, 0.2) is 0 Å². The van der Waals surface area contributed by atoms with Crippen LogP contribution in [-0.2, 0) is 9.22 Å². The normalized spacial score (nSPS) is 29.1. The van der Waals surface area contributed by atoms with Gasteiger partial charge >= 0.3 is 5.97 Å². The summed E-state index contributed by atoms with van der Waals surface area (Å²) in [5.41, 5.74) is 0. The Kier molecular flexibility index (Phi) is 5.64. The van der Waals surface area contributed by atoms with Crippen molar-refractivity contribution in [2.24, 2.45) is 17.8 Å². The minimum atomic E-state index is -0.858. The second kappa shape index (κ2) is 6.55. The third kappa shape index (κ3) is 3.25. The molecule has 0 spiro atoms. The lowest BCUT2D eigenvalue weighted by Gasteiger charge is -2.48. The molecule has 18 heavy (non-hydrogen) atoms. The lowest BCUT2D eigenvalue weighted by Crippen LogP contribution is -2.41. The minimum Gasteiger partial charge on any atom is -0.521 e. The SMILES string of the molecule is C=CC(=O)O[SiH2]C1(C(C)C)CCCCC1C(C)C. The van der Waals surface area contributed by atoms with Crippen molar-refractivity contribution >= 4 is 15.7 Å². The molecular formula is C15H28O2Si. The van der Waals surface area contributed by atoms with Gasteiger partial charge in [0.05, 0.1) is 0 Å². The van der Waals surface area contributed by atoms with E-state index in [0.29, 0.717) is 16.9 Å². The van der Waals surface area contributed by atoms with E-state index >= 15 is 0 Å². The maximum absolute atomic E-state index is 11.4. The van der Waals surface area contributed by atoms with Crippen LogP contribution in [0.4, 0.5) is 0 Å². The van der Waals surface area contributed by atoms with Crippen LogP contribution in [0.2, 0.25) is 5.04 Å². The third-order valence-electron chi connectivity index (χ3n) is 4.75. The van der Waals surface area contributed by atoms with E-state index in [-0.39, 0.29) is 5.97 Å². The molecule has 1 aliphatic rings. The Morgan fingerprint density at radius 1 is 1.39 bits per heavy atom. The first-order valence-corrected chi connectivity index (χ1v) is 8.51. The van der Waals surface area contributed by atoms with E-state index in [2.05, 4.69) is 34.3 Å². The summed E-state index contributed by atoms with van der Waals surface area (Å²) in [5, 5.41) is 0.297. The highest BCUT2D eigenvalue weighted by Gasteiger charge is 2.45. The highest BCUT2D eigenvalue weighted by atomic mass is 28.2. The standard InChI is InChI=1S/C15H28O2Si/c1-6-14(16)17-18-15(12(4)5)10-8-7-9-13(15)11(2)3/h6,11-13H,1,7-10,18H2,2-5H3. The van der Waals surface area contributed by atoms with Crippen molar-refractivity contribution in [1.82, 2.24) is 0 Å². The number of hydrogen-bond acceptors (Lipinski definition) is 2. The van der Waals surface area contributed by atoms with Crippen LogP contribution in [0.1, 0.15) is 53.4 Å². The first kappa shape index (κ1) is 15.5. The van der Waals surface area contributed by atoms with Gasteiger partial charge in [-0.3, -0.25) is 0 Å². The van der Waals surface area contributed by atoms with Crippen molar-refractivity contribution in [2.75, 3.05) is 0 Å². The molecule has 3 heteroatoms. The molecule has 0 heterocycles. The van der Waals surface area contributed by atoms with E-state index in [9.17, 15) is 4.79 Å². The van der Waals surface area contributed by atoms with E-state index in [0.717, 1.165) is 5.92 Å². The molecule has 2 unspecified atom stereocenters.